The maximum atomic E-state index is 11.3. The van der Waals surface area contributed by atoms with E-state index in [2.05, 4.69) is 46.1 Å². The summed E-state index contributed by atoms with van der Waals surface area (Å²) < 4.78 is 0. The molecule has 6 heteroatoms. The highest BCUT2D eigenvalue weighted by Gasteiger charge is 2.16. The number of aryl methyl sites for hydroxylation is 2. The Morgan fingerprint density at radius 3 is 2.90 bits per heavy atom. The summed E-state index contributed by atoms with van der Waals surface area (Å²) in [6.45, 7) is 4.18. The first-order chi connectivity index (χ1) is 9.60. The molecule has 0 bridgehead atoms. The van der Waals surface area contributed by atoms with E-state index in [9.17, 15) is 4.79 Å². The molecule has 0 spiro atoms. The second-order valence-corrected chi connectivity index (χ2v) is 4.75. The maximum absolute atomic E-state index is 11.3. The van der Waals surface area contributed by atoms with Crippen molar-refractivity contribution in [1.29, 1.82) is 0 Å². The lowest BCUT2D eigenvalue weighted by molar-refractivity contribution is 0.100. The van der Waals surface area contributed by atoms with Gasteiger partial charge in [0.15, 0.2) is 5.82 Å². The lowest BCUT2D eigenvalue weighted by Crippen LogP contribution is -2.11. The lowest BCUT2D eigenvalue weighted by Gasteiger charge is -2.01. The molecule has 6 nitrogen and oxygen atoms in total. The van der Waals surface area contributed by atoms with Crippen molar-refractivity contribution in [2.75, 3.05) is 0 Å². The molecule has 3 aromatic rings. The van der Waals surface area contributed by atoms with E-state index in [-0.39, 0.29) is 0 Å². The van der Waals surface area contributed by atoms with Gasteiger partial charge in [0.2, 0.25) is 0 Å². The third-order valence-corrected chi connectivity index (χ3v) is 3.45. The summed E-state index contributed by atoms with van der Waals surface area (Å²) in [5, 5.41) is 6.69. The number of primary amides is 1. The number of H-pyrrole nitrogens is 2. The minimum absolute atomic E-state index is 0.330. The summed E-state index contributed by atoms with van der Waals surface area (Å²) in [7, 11) is 0. The molecule has 0 atom stereocenters. The summed E-state index contributed by atoms with van der Waals surface area (Å²) >= 11 is 0. The van der Waals surface area contributed by atoms with E-state index in [1.165, 1.54) is 17.3 Å². The Labute approximate surface area is 115 Å². The number of carbonyl (C=O) groups is 1. The van der Waals surface area contributed by atoms with Gasteiger partial charge in [0.25, 0.3) is 5.91 Å². The highest BCUT2D eigenvalue weighted by atomic mass is 16.1. The highest BCUT2D eigenvalue weighted by Crippen LogP contribution is 2.24. The van der Waals surface area contributed by atoms with E-state index in [4.69, 9.17) is 5.73 Å². The number of hydrogen-bond acceptors (Lipinski definition) is 3. The number of fused-ring (bicyclic) bond motifs is 1. The van der Waals surface area contributed by atoms with Crippen LogP contribution in [-0.4, -0.2) is 26.1 Å². The molecule has 0 saturated heterocycles. The van der Waals surface area contributed by atoms with E-state index in [1.54, 1.807) is 0 Å². The van der Waals surface area contributed by atoms with Crippen LogP contribution < -0.4 is 5.73 Å². The van der Waals surface area contributed by atoms with Crippen molar-refractivity contribution in [3.05, 3.63) is 35.0 Å². The van der Waals surface area contributed by atoms with Crippen molar-refractivity contribution < 1.29 is 4.79 Å². The largest absolute Gasteiger partial charge is 0.365 e. The standard InChI is InChI=1S/C14H15N5O/c1-3-8-5-11-10(4-7(8)2)17-14(18-11)12-9(13(15)20)6-16-19-12/h4-6H,3H2,1-2H3,(H2,15,20)(H,16,19)(H,17,18). The van der Waals surface area contributed by atoms with Crippen molar-refractivity contribution >= 4 is 16.9 Å². The van der Waals surface area contributed by atoms with Gasteiger partial charge in [-0.2, -0.15) is 5.10 Å². The predicted molar refractivity (Wildman–Crippen MR) is 76.3 cm³/mol. The first-order valence-corrected chi connectivity index (χ1v) is 6.43. The first kappa shape index (κ1) is 12.4. The smallest absolute Gasteiger partial charge is 0.252 e. The molecule has 0 aliphatic carbocycles. The van der Waals surface area contributed by atoms with E-state index < -0.39 is 5.91 Å². The monoisotopic (exact) mass is 269 g/mol. The second-order valence-electron chi connectivity index (χ2n) is 4.75. The number of rotatable bonds is 3. The van der Waals surface area contributed by atoms with Crippen LogP contribution in [0.2, 0.25) is 0 Å². The quantitative estimate of drug-likeness (QED) is 0.677. The number of nitrogens with one attached hydrogen (secondary N) is 2. The Hall–Kier alpha value is -2.63. The number of amides is 1. The molecule has 102 valence electrons. The second kappa shape index (κ2) is 4.48. The molecule has 4 N–H and O–H groups in total. The normalized spacial score (nSPS) is 11.1. The van der Waals surface area contributed by atoms with Crippen LogP contribution in [0.4, 0.5) is 0 Å². The molecule has 0 fully saturated rings. The Kier molecular flexibility index (Phi) is 2.78. The Bertz CT molecular complexity index is 799. The molecule has 0 unspecified atom stereocenters. The van der Waals surface area contributed by atoms with Gasteiger partial charge in [0.1, 0.15) is 5.69 Å². The fourth-order valence-corrected chi connectivity index (χ4v) is 2.36. The summed E-state index contributed by atoms with van der Waals surface area (Å²) in [6.07, 6.45) is 2.44. The Morgan fingerprint density at radius 2 is 2.20 bits per heavy atom. The number of hydrogen-bond donors (Lipinski definition) is 3. The zero-order chi connectivity index (χ0) is 14.3. The topological polar surface area (TPSA) is 100 Å². The summed E-state index contributed by atoms with van der Waals surface area (Å²) in [5.41, 5.74) is 10.4. The molecule has 0 saturated carbocycles. The molecular formula is C14H15N5O. The number of aromatic amines is 2. The molecule has 0 radical (unpaired) electrons. The summed E-state index contributed by atoms with van der Waals surface area (Å²) in [6, 6.07) is 4.11. The molecule has 1 aromatic carbocycles. The van der Waals surface area contributed by atoms with Crippen LogP contribution in [0.5, 0.6) is 0 Å². The maximum Gasteiger partial charge on any atom is 0.252 e. The minimum Gasteiger partial charge on any atom is -0.365 e. The number of carbonyl (C=O) groups excluding carboxylic acids is 1. The highest BCUT2D eigenvalue weighted by molar-refractivity contribution is 5.98. The molecule has 3 rings (SSSR count). The average molecular weight is 269 g/mol. The number of nitrogens with two attached hydrogens (primary N) is 1. The third kappa shape index (κ3) is 1.85. The molecule has 1 amide bonds. The van der Waals surface area contributed by atoms with E-state index in [0.29, 0.717) is 17.1 Å². The van der Waals surface area contributed by atoms with Crippen molar-refractivity contribution in [2.24, 2.45) is 5.73 Å². The Morgan fingerprint density at radius 1 is 1.40 bits per heavy atom. The molecular weight excluding hydrogens is 254 g/mol. The van der Waals surface area contributed by atoms with Crippen molar-refractivity contribution in [2.45, 2.75) is 20.3 Å². The zero-order valence-corrected chi connectivity index (χ0v) is 11.3. The molecule has 0 aliphatic heterocycles. The van der Waals surface area contributed by atoms with E-state index >= 15 is 0 Å². The number of nitrogens with zero attached hydrogens (tertiary/aromatic N) is 2. The fraction of sp³-hybridized carbons (Fsp3) is 0.214. The fourth-order valence-electron chi connectivity index (χ4n) is 2.36. The Balaban J connectivity index is 2.18. The average Bonchev–Trinajstić information content (AvgIpc) is 3.02. The van der Waals surface area contributed by atoms with Gasteiger partial charge in [0.05, 0.1) is 16.6 Å². The van der Waals surface area contributed by atoms with Gasteiger partial charge >= 0.3 is 0 Å². The first-order valence-electron chi connectivity index (χ1n) is 6.43. The van der Waals surface area contributed by atoms with Gasteiger partial charge in [-0.15, -0.1) is 0 Å². The van der Waals surface area contributed by atoms with Crippen LogP contribution in [0.1, 0.15) is 28.4 Å². The number of benzene rings is 1. The van der Waals surface area contributed by atoms with Crippen molar-refractivity contribution in [1.82, 2.24) is 20.2 Å². The third-order valence-electron chi connectivity index (χ3n) is 3.45. The number of aromatic nitrogens is 4. The number of imidazole rings is 1. The van der Waals surface area contributed by atoms with E-state index in [1.807, 2.05) is 0 Å². The van der Waals surface area contributed by atoms with Gasteiger partial charge in [0, 0.05) is 6.20 Å². The molecule has 0 aliphatic rings. The van der Waals surface area contributed by atoms with Gasteiger partial charge in [-0.05, 0) is 36.6 Å². The van der Waals surface area contributed by atoms with Gasteiger partial charge in [-0.25, -0.2) is 4.98 Å². The zero-order valence-electron chi connectivity index (χ0n) is 11.3. The van der Waals surface area contributed by atoms with Crippen LogP contribution in [0, 0.1) is 6.92 Å². The van der Waals surface area contributed by atoms with Crippen LogP contribution >= 0.6 is 0 Å². The van der Waals surface area contributed by atoms with Crippen LogP contribution in [0.25, 0.3) is 22.6 Å². The molecule has 2 heterocycles. The van der Waals surface area contributed by atoms with Crippen LogP contribution in [-0.2, 0) is 6.42 Å². The molecule has 2 aromatic heterocycles. The van der Waals surface area contributed by atoms with Gasteiger partial charge in [-0.3, -0.25) is 9.89 Å². The van der Waals surface area contributed by atoms with Crippen molar-refractivity contribution in [3.8, 4) is 11.5 Å². The predicted octanol–water partition coefficient (Wildman–Crippen LogP) is 1.92. The summed E-state index contributed by atoms with van der Waals surface area (Å²) in [4.78, 5) is 19.0. The van der Waals surface area contributed by atoms with Crippen molar-refractivity contribution in [3.63, 3.8) is 0 Å². The lowest BCUT2D eigenvalue weighted by atomic mass is 10.1. The van der Waals surface area contributed by atoms with E-state index in [0.717, 1.165) is 17.5 Å². The van der Waals surface area contributed by atoms with Crippen LogP contribution in [0.15, 0.2) is 18.3 Å². The molecule has 20 heavy (non-hydrogen) atoms. The minimum atomic E-state index is -0.528. The van der Waals surface area contributed by atoms with Gasteiger partial charge in [-0.1, -0.05) is 6.92 Å². The SMILES string of the molecule is CCc1cc2nc(-c3n[nH]cc3C(N)=O)[nH]c2cc1C. The van der Waals surface area contributed by atoms with Gasteiger partial charge < -0.3 is 10.7 Å². The van der Waals surface area contributed by atoms with Crippen LogP contribution in [0.3, 0.4) is 0 Å². The summed E-state index contributed by atoms with van der Waals surface area (Å²) in [5.74, 6) is 0.0161.